The van der Waals surface area contributed by atoms with E-state index in [0.29, 0.717) is 43.1 Å². The van der Waals surface area contributed by atoms with Gasteiger partial charge in [0.15, 0.2) is 5.75 Å². The lowest BCUT2D eigenvalue weighted by molar-refractivity contribution is -0.130. The second kappa shape index (κ2) is 10.4. The number of hydrogen-bond donors (Lipinski definition) is 1. The molecule has 0 radical (unpaired) electrons. The summed E-state index contributed by atoms with van der Waals surface area (Å²) in [6.07, 6.45) is 4.70. The topological polar surface area (TPSA) is 58.6 Å². The molecule has 32 heavy (non-hydrogen) atoms. The number of nitrogens with one attached hydrogen (secondary N) is 1. The van der Waals surface area contributed by atoms with Crippen molar-refractivity contribution in [1.82, 2.24) is 4.90 Å². The van der Waals surface area contributed by atoms with Crippen LogP contribution in [-0.4, -0.2) is 29.8 Å². The molecular formula is C27H26N2O3. The van der Waals surface area contributed by atoms with Crippen LogP contribution in [0.2, 0.25) is 0 Å². The molecule has 0 atom stereocenters. The fraction of sp³-hybridized carbons (Fsp3) is 0.185. The molecule has 3 aromatic rings. The summed E-state index contributed by atoms with van der Waals surface area (Å²) in [7, 11) is 0. The van der Waals surface area contributed by atoms with Crippen LogP contribution in [0.5, 0.6) is 11.5 Å². The average Bonchev–Trinajstić information content (AvgIpc) is 2.85. The standard InChI is InChI=1S/C27H26N2O3/c30-26(16-15-21-9-3-1-4-10-21)29-19-17-22(18-20-29)27(31)28-24-13-7-8-14-25(24)32-23-11-5-2-6-12-23/h1-16,22H,17-20H2,(H,28,31)/b16-15+. The van der Waals surface area contributed by atoms with Crippen molar-refractivity contribution in [3.8, 4) is 11.5 Å². The highest BCUT2D eigenvalue weighted by Crippen LogP contribution is 2.30. The van der Waals surface area contributed by atoms with Gasteiger partial charge in [0.1, 0.15) is 5.75 Å². The molecule has 0 spiro atoms. The van der Waals surface area contributed by atoms with Crippen LogP contribution in [0.1, 0.15) is 18.4 Å². The first kappa shape index (κ1) is 21.4. The third-order valence-electron chi connectivity index (χ3n) is 5.51. The molecule has 1 aliphatic rings. The minimum Gasteiger partial charge on any atom is -0.455 e. The van der Waals surface area contributed by atoms with Crippen LogP contribution in [0.25, 0.3) is 6.08 Å². The van der Waals surface area contributed by atoms with Gasteiger partial charge in [-0.2, -0.15) is 0 Å². The molecule has 1 saturated heterocycles. The molecule has 1 N–H and O–H groups in total. The number of piperidine rings is 1. The Morgan fingerprint density at radius 2 is 1.47 bits per heavy atom. The van der Waals surface area contributed by atoms with Crippen molar-refractivity contribution >= 4 is 23.6 Å². The molecule has 3 aromatic carbocycles. The maximum Gasteiger partial charge on any atom is 0.246 e. The van der Waals surface area contributed by atoms with Crippen molar-refractivity contribution in [3.05, 3.63) is 96.6 Å². The monoisotopic (exact) mass is 426 g/mol. The second-order valence-corrected chi connectivity index (χ2v) is 7.74. The Bertz CT molecular complexity index is 1070. The van der Waals surface area contributed by atoms with E-state index in [1.807, 2.05) is 91.0 Å². The lowest BCUT2D eigenvalue weighted by atomic mass is 9.95. The Morgan fingerprint density at radius 1 is 0.844 bits per heavy atom. The first-order valence-corrected chi connectivity index (χ1v) is 10.8. The van der Waals surface area contributed by atoms with Crippen molar-refractivity contribution in [1.29, 1.82) is 0 Å². The summed E-state index contributed by atoms with van der Waals surface area (Å²) in [5, 5.41) is 3.01. The molecule has 0 bridgehead atoms. The number of benzene rings is 3. The van der Waals surface area contributed by atoms with Crippen molar-refractivity contribution in [2.75, 3.05) is 18.4 Å². The summed E-state index contributed by atoms with van der Waals surface area (Å²) < 4.78 is 5.93. The highest BCUT2D eigenvalue weighted by Gasteiger charge is 2.27. The number of likely N-dealkylation sites (tertiary alicyclic amines) is 1. The lowest BCUT2D eigenvalue weighted by Gasteiger charge is -2.30. The van der Waals surface area contributed by atoms with Crippen molar-refractivity contribution < 1.29 is 14.3 Å². The molecular weight excluding hydrogens is 400 g/mol. The molecule has 1 fully saturated rings. The third kappa shape index (κ3) is 5.64. The maximum absolute atomic E-state index is 12.9. The van der Waals surface area contributed by atoms with Crippen LogP contribution in [0, 0.1) is 5.92 Å². The van der Waals surface area contributed by atoms with E-state index in [9.17, 15) is 9.59 Å². The zero-order chi connectivity index (χ0) is 22.2. The van der Waals surface area contributed by atoms with Crippen molar-refractivity contribution in [3.63, 3.8) is 0 Å². The molecule has 5 nitrogen and oxygen atoms in total. The van der Waals surface area contributed by atoms with Crippen LogP contribution in [0.4, 0.5) is 5.69 Å². The minimum absolute atomic E-state index is 0.0192. The van der Waals surface area contributed by atoms with E-state index in [0.717, 1.165) is 5.56 Å². The lowest BCUT2D eigenvalue weighted by Crippen LogP contribution is -2.40. The third-order valence-corrected chi connectivity index (χ3v) is 5.51. The van der Waals surface area contributed by atoms with Crippen molar-refractivity contribution in [2.45, 2.75) is 12.8 Å². The van der Waals surface area contributed by atoms with Gasteiger partial charge in [-0.3, -0.25) is 9.59 Å². The van der Waals surface area contributed by atoms with E-state index in [4.69, 9.17) is 4.74 Å². The minimum atomic E-state index is -0.137. The zero-order valence-corrected chi connectivity index (χ0v) is 17.8. The average molecular weight is 427 g/mol. The zero-order valence-electron chi connectivity index (χ0n) is 17.8. The van der Waals surface area contributed by atoms with Crippen LogP contribution >= 0.6 is 0 Å². The number of nitrogens with zero attached hydrogens (tertiary/aromatic N) is 1. The fourth-order valence-electron chi connectivity index (χ4n) is 3.71. The largest absolute Gasteiger partial charge is 0.455 e. The van der Waals surface area contributed by atoms with Crippen LogP contribution in [0.3, 0.4) is 0 Å². The molecule has 2 amide bonds. The molecule has 162 valence electrons. The van der Waals surface area contributed by atoms with E-state index in [1.165, 1.54) is 0 Å². The fourth-order valence-corrected chi connectivity index (χ4v) is 3.71. The molecule has 1 aliphatic heterocycles. The van der Waals surface area contributed by atoms with Gasteiger partial charge in [-0.05, 0) is 48.7 Å². The highest BCUT2D eigenvalue weighted by molar-refractivity contribution is 5.95. The van der Waals surface area contributed by atoms with Gasteiger partial charge >= 0.3 is 0 Å². The molecule has 0 aliphatic carbocycles. The molecule has 1 heterocycles. The molecule has 0 unspecified atom stereocenters. The Labute approximate surface area is 188 Å². The first-order chi connectivity index (χ1) is 15.7. The molecule has 0 aromatic heterocycles. The van der Waals surface area contributed by atoms with E-state index in [1.54, 1.807) is 11.0 Å². The SMILES string of the molecule is O=C(Nc1ccccc1Oc1ccccc1)C1CCN(C(=O)/C=C/c2ccccc2)CC1. The van der Waals surface area contributed by atoms with E-state index < -0.39 is 0 Å². The number of amides is 2. The number of hydrogen-bond acceptors (Lipinski definition) is 3. The number of para-hydroxylation sites is 3. The molecule has 0 saturated carbocycles. The van der Waals surface area contributed by atoms with Gasteiger partial charge in [-0.1, -0.05) is 60.7 Å². The summed E-state index contributed by atoms with van der Waals surface area (Å²) in [6.45, 7) is 1.14. The summed E-state index contributed by atoms with van der Waals surface area (Å²) in [6, 6.07) is 26.6. The smallest absolute Gasteiger partial charge is 0.246 e. The summed E-state index contributed by atoms with van der Waals surface area (Å²) in [5.74, 6) is 1.12. The van der Waals surface area contributed by atoms with E-state index in [2.05, 4.69) is 5.32 Å². The number of ether oxygens (including phenoxy) is 1. The van der Waals surface area contributed by atoms with Crippen LogP contribution in [0.15, 0.2) is 91.0 Å². The molecule has 4 rings (SSSR count). The molecule has 5 heteroatoms. The van der Waals surface area contributed by atoms with Gasteiger partial charge in [0.25, 0.3) is 0 Å². The van der Waals surface area contributed by atoms with Crippen LogP contribution in [-0.2, 0) is 9.59 Å². The maximum atomic E-state index is 12.9. The summed E-state index contributed by atoms with van der Waals surface area (Å²) >= 11 is 0. The van der Waals surface area contributed by atoms with E-state index >= 15 is 0 Å². The van der Waals surface area contributed by atoms with Gasteiger partial charge in [0.2, 0.25) is 11.8 Å². The van der Waals surface area contributed by atoms with Crippen LogP contribution < -0.4 is 10.1 Å². The predicted molar refractivity (Wildman–Crippen MR) is 126 cm³/mol. The number of anilines is 1. The number of rotatable bonds is 6. The Morgan fingerprint density at radius 3 is 2.19 bits per heavy atom. The Hall–Kier alpha value is -3.86. The summed E-state index contributed by atoms with van der Waals surface area (Å²) in [5.41, 5.74) is 1.64. The highest BCUT2D eigenvalue weighted by atomic mass is 16.5. The quantitative estimate of drug-likeness (QED) is 0.539. The summed E-state index contributed by atoms with van der Waals surface area (Å²) in [4.78, 5) is 27.2. The number of carbonyl (C=O) groups excluding carboxylic acids is 2. The van der Waals surface area contributed by atoms with Gasteiger partial charge in [0, 0.05) is 25.1 Å². The van der Waals surface area contributed by atoms with Gasteiger partial charge in [-0.25, -0.2) is 0 Å². The Balaban J connectivity index is 1.31. The van der Waals surface area contributed by atoms with Gasteiger partial charge in [0.05, 0.1) is 5.69 Å². The Kier molecular flexibility index (Phi) is 6.98. The van der Waals surface area contributed by atoms with E-state index in [-0.39, 0.29) is 17.7 Å². The first-order valence-electron chi connectivity index (χ1n) is 10.8. The normalized spacial score (nSPS) is 14.3. The predicted octanol–water partition coefficient (Wildman–Crippen LogP) is 5.37. The van der Waals surface area contributed by atoms with Crippen molar-refractivity contribution in [2.24, 2.45) is 5.92 Å². The second-order valence-electron chi connectivity index (χ2n) is 7.74. The number of carbonyl (C=O) groups is 2. The van der Waals surface area contributed by atoms with Gasteiger partial charge < -0.3 is 15.0 Å². The van der Waals surface area contributed by atoms with Gasteiger partial charge in [-0.15, -0.1) is 0 Å².